The van der Waals surface area contributed by atoms with E-state index in [0.717, 1.165) is 42.0 Å². The van der Waals surface area contributed by atoms with Crippen molar-refractivity contribution in [3.8, 4) is 5.75 Å². The van der Waals surface area contributed by atoms with Gasteiger partial charge >= 0.3 is 0 Å². The Morgan fingerprint density at radius 2 is 2.32 bits per heavy atom. The molecule has 0 radical (unpaired) electrons. The van der Waals surface area contributed by atoms with E-state index in [1.165, 1.54) is 11.9 Å². The van der Waals surface area contributed by atoms with E-state index in [1.807, 2.05) is 6.07 Å². The largest absolute Gasteiger partial charge is 0.496 e. The van der Waals surface area contributed by atoms with Crippen LogP contribution in [0, 0.1) is 0 Å². The topological polar surface area (TPSA) is 62.8 Å². The molecule has 0 fully saturated rings. The second kappa shape index (κ2) is 7.25. The minimum Gasteiger partial charge on any atom is -0.496 e. The van der Waals surface area contributed by atoms with Crippen molar-refractivity contribution in [3.63, 3.8) is 0 Å². The van der Waals surface area contributed by atoms with E-state index in [1.54, 1.807) is 7.11 Å². The van der Waals surface area contributed by atoms with Crippen LogP contribution in [0.3, 0.4) is 0 Å². The third-order valence-corrected chi connectivity index (χ3v) is 3.40. The number of hydrogen-bond donors (Lipinski definition) is 2. The van der Waals surface area contributed by atoms with Crippen LogP contribution in [0.4, 0.5) is 0 Å². The van der Waals surface area contributed by atoms with Crippen molar-refractivity contribution in [1.82, 2.24) is 20.5 Å². The van der Waals surface area contributed by atoms with Gasteiger partial charge in [-0.3, -0.25) is 5.10 Å². The number of aryl methyl sites for hydroxylation is 1. The lowest BCUT2D eigenvalue weighted by Gasteiger charge is -2.07. The quantitative estimate of drug-likeness (QED) is 0.767. The number of rotatable bonds is 7. The molecule has 2 rings (SSSR count). The molecule has 0 aliphatic rings. The first-order valence-corrected chi connectivity index (χ1v) is 6.96. The Kier molecular flexibility index (Phi) is 5.35. The van der Waals surface area contributed by atoms with Gasteiger partial charge < -0.3 is 10.1 Å². The molecule has 0 atom stereocenters. The van der Waals surface area contributed by atoms with Crippen LogP contribution in [-0.2, 0) is 13.0 Å². The molecule has 102 valence electrons. The number of methoxy groups -OCH3 is 1. The van der Waals surface area contributed by atoms with E-state index in [0.29, 0.717) is 0 Å². The summed E-state index contributed by atoms with van der Waals surface area (Å²) in [7, 11) is 1.67. The summed E-state index contributed by atoms with van der Waals surface area (Å²) in [6.45, 7) is 1.79. The van der Waals surface area contributed by atoms with Crippen molar-refractivity contribution in [3.05, 3.63) is 40.4 Å². The van der Waals surface area contributed by atoms with Gasteiger partial charge in [-0.05, 0) is 46.6 Å². The van der Waals surface area contributed by atoms with Crippen molar-refractivity contribution in [2.75, 3.05) is 13.7 Å². The third kappa shape index (κ3) is 4.33. The average Bonchev–Trinajstić information content (AvgIpc) is 2.92. The van der Waals surface area contributed by atoms with Gasteiger partial charge in [0.15, 0.2) is 0 Å². The van der Waals surface area contributed by atoms with Crippen molar-refractivity contribution in [1.29, 1.82) is 0 Å². The summed E-state index contributed by atoms with van der Waals surface area (Å²) in [5, 5.41) is 10.1. The number of nitrogens with one attached hydrogen (secondary N) is 2. The Hall–Kier alpha value is -1.40. The molecule has 0 unspecified atom stereocenters. The molecule has 5 nitrogen and oxygen atoms in total. The van der Waals surface area contributed by atoms with Crippen LogP contribution in [0.15, 0.2) is 29.0 Å². The average molecular weight is 325 g/mol. The molecule has 0 spiro atoms. The molecular weight excluding hydrogens is 308 g/mol. The van der Waals surface area contributed by atoms with Crippen LogP contribution >= 0.6 is 15.9 Å². The van der Waals surface area contributed by atoms with Gasteiger partial charge in [0, 0.05) is 13.0 Å². The number of ether oxygens (including phenoxy) is 1. The van der Waals surface area contributed by atoms with Gasteiger partial charge in [-0.1, -0.05) is 6.07 Å². The first-order chi connectivity index (χ1) is 9.29. The van der Waals surface area contributed by atoms with Gasteiger partial charge in [-0.15, -0.1) is 0 Å². The maximum Gasteiger partial charge on any atom is 0.137 e. The SMILES string of the molecule is COc1ccc(CNCCCc2ncn[nH]2)cc1Br. The number of aromatic nitrogens is 3. The lowest BCUT2D eigenvalue weighted by Crippen LogP contribution is -2.15. The lowest BCUT2D eigenvalue weighted by atomic mass is 10.2. The van der Waals surface area contributed by atoms with E-state index < -0.39 is 0 Å². The fraction of sp³-hybridized carbons (Fsp3) is 0.385. The summed E-state index contributed by atoms with van der Waals surface area (Å²) >= 11 is 3.48. The van der Waals surface area contributed by atoms with Crippen LogP contribution in [0.25, 0.3) is 0 Å². The molecule has 19 heavy (non-hydrogen) atoms. The molecule has 0 saturated carbocycles. The standard InChI is InChI=1S/C13H17BrN4O/c1-19-12-5-4-10(7-11(12)14)8-15-6-2-3-13-16-9-17-18-13/h4-5,7,9,15H,2-3,6,8H2,1H3,(H,16,17,18). The Morgan fingerprint density at radius 1 is 1.42 bits per heavy atom. The van der Waals surface area contributed by atoms with E-state index in [2.05, 4.69) is 48.6 Å². The van der Waals surface area contributed by atoms with Crippen LogP contribution in [0.1, 0.15) is 17.8 Å². The van der Waals surface area contributed by atoms with Crippen LogP contribution in [0.5, 0.6) is 5.75 Å². The van der Waals surface area contributed by atoms with Crippen molar-refractivity contribution < 1.29 is 4.74 Å². The van der Waals surface area contributed by atoms with E-state index in [9.17, 15) is 0 Å². The first kappa shape index (κ1) is 14.0. The van der Waals surface area contributed by atoms with Crippen LogP contribution in [-0.4, -0.2) is 28.8 Å². The minimum absolute atomic E-state index is 0.846. The summed E-state index contributed by atoms with van der Waals surface area (Å²) < 4.78 is 6.18. The molecule has 0 aliphatic heterocycles. The maximum absolute atomic E-state index is 5.20. The van der Waals surface area contributed by atoms with Crippen molar-refractivity contribution in [2.45, 2.75) is 19.4 Å². The zero-order valence-electron chi connectivity index (χ0n) is 10.8. The van der Waals surface area contributed by atoms with Gasteiger partial charge in [0.1, 0.15) is 17.9 Å². The third-order valence-electron chi connectivity index (χ3n) is 2.78. The van der Waals surface area contributed by atoms with Gasteiger partial charge in [0.2, 0.25) is 0 Å². The zero-order chi connectivity index (χ0) is 13.5. The zero-order valence-corrected chi connectivity index (χ0v) is 12.4. The molecule has 1 aromatic carbocycles. The van der Waals surface area contributed by atoms with Crippen LogP contribution < -0.4 is 10.1 Å². The van der Waals surface area contributed by atoms with Crippen LogP contribution in [0.2, 0.25) is 0 Å². The monoisotopic (exact) mass is 324 g/mol. The Balaban J connectivity index is 1.69. The number of halogens is 1. The van der Waals surface area contributed by atoms with Gasteiger partial charge in [-0.25, -0.2) is 4.98 Å². The highest BCUT2D eigenvalue weighted by molar-refractivity contribution is 9.10. The smallest absolute Gasteiger partial charge is 0.137 e. The van der Waals surface area contributed by atoms with Crippen molar-refractivity contribution >= 4 is 15.9 Å². The number of benzene rings is 1. The number of nitrogens with zero attached hydrogens (tertiary/aromatic N) is 2. The molecule has 2 N–H and O–H groups in total. The second-order valence-electron chi connectivity index (χ2n) is 4.18. The molecule has 1 heterocycles. The normalized spacial score (nSPS) is 10.6. The maximum atomic E-state index is 5.20. The lowest BCUT2D eigenvalue weighted by molar-refractivity contribution is 0.412. The fourth-order valence-electron chi connectivity index (χ4n) is 1.78. The molecule has 1 aromatic heterocycles. The Bertz CT molecular complexity index is 501. The number of aromatic amines is 1. The predicted octanol–water partition coefficient (Wildman–Crippen LogP) is 2.30. The molecule has 0 amide bonds. The van der Waals surface area contributed by atoms with E-state index in [-0.39, 0.29) is 0 Å². The molecule has 0 saturated heterocycles. The summed E-state index contributed by atoms with van der Waals surface area (Å²) in [5.74, 6) is 1.79. The molecule has 0 aliphatic carbocycles. The van der Waals surface area contributed by atoms with E-state index >= 15 is 0 Å². The van der Waals surface area contributed by atoms with Gasteiger partial charge in [-0.2, -0.15) is 5.10 Å². The van der Waals surface area contributed by atoms with E-state index in [4.69, 9.17) is 4.74 Å². The minimum atomic E-state index is 0.846. The summed E-state index contributed by atoms with van der Waals surface area (Å²) in [4.78, 5) is 4.09. The first-order valence-electron chi connectivity index (χ1n) is 6.17. The molecule has 6 heteroatoms. The van der Waals surface area contributed by atoms with Gasteiger partial charge in [0.25, 0.3) is 0 Å². The van der Waals surface area contributed by atoms with Crippen molar-refractivity contribution in [2.24, 2.45) is 0 Å². The highest BCUT2D eigenvalue weighted by atomic mass is 79.9. The summed E-state index contributed by atoms with van der Waals surface area (Å²) in [6.07, 6.45) is 3.49. The second-order valence-corrected chi connectivity index (χ2v) is 5.04. The fourth-order valence-corrected chi connectivity index (χ4v) is 2.37. The van der Waals surface area contributed by atoms with Gasteiger partial charge in [0.05, 0.1) is 11.6 Å². The summed E-state index contributed by atoms with van der Waals surface area (Å²) in [6, 6.07) is 6.10. The highest BCUT2D eigenvalue weighted by Crippen LogP contribution is 2.25. The summed E-state index contributed by atoms with van der Waals surface area (Å²) in [5.41, 5.74) is 1.23. The predicted molar refractivity (Wildman–Crippen MR) is 77.1 cm³/mol. The Labute approximate surface area is 120 Å². The number of H-pyrrole nitrogens is 1. The number of hydrogen-bond acceptors (Lipinski definition) is 4. The molecular formula is C13H17BrN4O. The molecule has 2 aromatic rings. The molecule has 0 bridgehead atoms. The highest BCUT2D eigenvalue weighted by Gasteiger charge is 2.01. The Morgan fingerprint density at radius 3 is 3.00 bits per heavy atom.